The smallest absolute Gasteiger partial charge is 0.00124 e. The number of hydrogen-bond donors (Lipinski definition) is 0. The van der Waals surface area contributed by atoms with Gasteiger partial charge in [0.25, 0.3) is 0 Å². The molecule has 0 amide bonds. The summed E-state index contributed by atoms with van der Waals surface area (Å²) in [6, 6.07) is 0. The van der Waals surface area contributed by atoms with E-state index in [1.165, 1.54) is 0 Å². The van der Waals surface area contributed by atoms with E-state index in [4.69, 9.17) is 0 Å². The first-order valence-electron chi connectivity index (χ1n) is 2.30. The van der Waals surface area contributed by atoms with E-state index in [1.54, 1.807) is 0 Å². The highest BCUT2D eigenvalue weighted by Gasteiger charge is 1.81. The summed E-state index contributed by atoms with van der Waals surface area (Å²) in [5.74, 6) is 0. The number of rotatable bonds is 2. The van der Waals surface area contributed by atoms with Crippen molar-refractivity contribution in [3.05, 3.63) is 0 Å². The van der Waals surface area contributed by atoms with Gasteiger partial charge in [0.05, 0.1) is 0 Å². The molecule has 3 heteroatoms. The molecule has 1 atom stereocenters. The Morgan fingerprint density at radius 2 is 1.57 bits per heavy atom. The molecule has 0 aliphatic rings. The largest absolute Gasteiger partial charge is 0.288 e. The predicted octanol–water partition coefficient (Wildman–Crippen LogP) is 1.70. The van der Waals surface area contributed by atoms with E-state index in [2.05, 4.69) is 27.9 Å². The molecular formula is C4H13BrNP. The van der Waals surface area contributed by atoms with Gasteiger partial charge in [-0.1, -0.05) is 23.2 Å². The maximum atomic E-state index is 2.64. The van der Waals surface area contributed by atoms with Crippen molar-refractivity contribution in [2.24, 2.45) is 0 Å². The molecule has 1 unspecified atom stereocenters. The second-order valence-corrected chi connectivity index (χ2v) is 1.95. The maximum absolute atomic E-state index is 2.64. The monoisotopic (exact) mass is 185 g/mol. The molecule has 0 saturated heterocycles. The Morgan fingerprint density at radius 3 is 1.57 bits per heavy atom. The second-order valence-electron chi connectivity index (χ2n) is 1.22. The molecule has 0 N–H and O–H groups in total. The predicted molar refractivity (Wildman–Crippen MR) is 43.0 cm³/mol. The summed E-state index contributed by atoms with van der Waals surface area (Å²) < 4.78 is 2.17. The van der Waals surface area contributed by atoms with E-state index < -0.39 is 0 Å². The van der Waals surface area contributed by atoms with Crippen molar-refractivity contribution in [1.29, 1.82) is 0 Å². The van der Waals surface area contributed by atoms with Crippen molar-refractivity contribution >= 4 is 26.4 Å². The van der Waals surface area contributed by atoms with Crippen molar-refractivity contribution in [1.82, 2.24) is 4.67 Å². The summed E-state index contributed by atoms with van der Waals surface area (Å²) in [7, 11) is 2.64. The molecule has 0 aromatic rings. The van der Waals surface area contributed by atoms with Gasteiger partial charge in [0.2, 0.25) is 0 Å². The van der Waals surface area contributed by atoms with Crippen molar-refractivity contribution in [2.75, 3.05) is 13.1 Å². The molecule has 0 rings (SSSR count). The normalized spacial score (nSPS) is 8.57. The van der Waals surface area contributed by atoms with Crippen molar-refractivity contribution < 1.29 is 0 Å². The van der Waals surface area contributed by atoms with Crippen LogP contribution >= 0.6 is 26.4 Å². The van der Waals surface area contributed by atoms with E-state index in [1.807, 2.05) is 0 Å². The summed E-state index contributed by atoms with van der Waals surface area (Å²) in [4.78, 5) is 0. The third-order valence-corrected chi connectivity index (χ3v) is 1.54. The molecule has 0 aliphatic carbocycles. The minimum atomic E-state index is 0. The Hall–Kier alpha value is 0.870. The molecule has 0 spiro atoms. The average molecular weight is 186 g/mol. The van der Waals surface area contributed by atoms with Crippen LogP contribution in [0.3, 0.4) is 0 Å². The Balaban J connectivity index is 0. The van der Waals surface area contributed by atoms with E-state index in [0.717, 1.165) is 13.1 Å². The molecule has 0 aromatic carbocycles. The van der Waals surface area contributed by atoms with Gasteiger partial charge in [0, 0.05) is 0 Å². The highest BCUT2D eigenvalue weighted by Crippen LogP contribution is 1.92. The first-order valence-corrected chi connectivity index (χ1v) is 2.82. The Labute approximate surface area is 58.5 Å². The van der Waals surface area contributed by atoms with Gasteiger partial charge in [-0.15, -0.1) is 17.0 Å². The van der Waals surface area contributed by atoms with E-state index in [9.17, 15) is 0 Å². The highest BCUT2D eigenvalue weighted by molar-refractivity contribution is 8.93. The van der Waals surface area contributed by atoms with Gasteiger partial charge in [-0.05, 0) is 13.1 Å². The van der Waals surface area contributed by atoms with E-state index >= 15 is 0 Å². The quantitative estimate of drug-likeness (QED) is 0.593. The molecule has 0 fully saturated rings. The van der Waals surface area contributed by atoms with Crippen LogP contribution in [0, 0.1) is 0 Å². The summed E-state index contributed by atoms with van der Waals surface area (Å²) in [5.41, 5.74) is 0. The maximum Gasteiger partial charge on any atom is -0.00124 e. The van der Waals surface area contributed by atoms with Crippen LogP contribution in [0.1, 0.15) is 13.8 Å². The zero-order valence-corrected chi connectivity index (χ0v) is 7.71. The summed E-state index contributed by atoms with van der Waals surface area (Å²) in [6.45, 7) is 6.52. The number of halogens is 1. The Kier molecular flexibility index (Phi) is 10.6. The van der Waals surface area contributed by atoms with Crippen LogP contribution in [-0.4, -0.2) is 17.8 Å². The zero-order chi connectivity index (χ0) is 4.99. The number of hydrogen-bond acceptors (Lipinski definition) is 1. The molecule has 0 aromatic heterocycles. The first kappa shape index (κ1) is 10.8. The molecule has 1 nitrogen and oxygen atoms in total. The summed E-state index contributed by atoms with van der Waals surface area (Å²) >= 11 is 0. The molecule has 0 bridgehead atoms. The van der Waals surface area contributed by atoms with Gasteiger partial charge in [0.1, 0.15) is 0 Å². The third-order valence-electron chi connectivity index (χ3n) is 0.812. The van der Waals surface area contributed by atoms with Crippen LogP contribution in [0.5, 0.6) is 0 Å². The molecule has 46 valence electrons. The lowest BCUT2D eigenvalue weighted by Crippen LogP contribution is -2.07. The average Bonchev–Trinajstić information content (AvgIpc) is 1.65. The Morgan fingerprint density at radius 1 is 1.29 bits per heavy atom. The number of nitrogens with zero attached hydrogens (tertiary/aromatic N) is 1. The van der Waals surface area contributed by atoms with Crippen molar-refractivity contribution in [3.63, 3.8) is 0 Å². The fraction of sp³-hybridized carbons (Fsp3) is 1.00. The van der Waals surface area contributed by atoms with Gasteiger partial charge in [-0.2, -0.15) is 0 Å². The van der Waals surface area contributed by atoms with E-state index in [-0.39, 0.29) is 17.0 Å². The van der Waals surface area contributed by atoms with Gasteiger partial charge in [-0.25, -0.2) is 0 Å². The zero-order valence-electron chi connectivity index (χ0n) is 4.85. The summed E-state index contributed by atoms with van der Waals surface area (Å²) in [5, 5.41) is 0. The van der Waals surface area contributed by atoms with Gasteiger partial charge in [0.15, 0.2) is 0 Å². The lowest BCUT2D eigenvalue weighted by molar-refractivity contribution is 0.524. The van der Waals surface area contributed by atoms with Crippen LogP contribution in [0.2, 0.25) is 0 Å². The first-order chi connectivity index (χ1) is 2.81. The van der Waals surface area contributed by atoms with Crippen LogP contribution in [0.15, 0.2) is 0 Å². The molecule has 7 heavy (non-hydrogen) atoms. The van der Waals surface area contributed by atoms with Gasteiger partial charge >= 0.3 is 0 Å². The van der Waals surface area contributed by atoms with Crippen molar-refractivity contribution in [2.45, 2.75) is 13.8 Å². The van der Waals surface area contributed by atoms with Crippen LogP contribution in [0.4, 0.5) is 0 Å². The fourth-order valence-electron chi connectivity index (χ4n) is 0.224. The minimum Gasteiger partial charge on any atom is -0.288 e. The van der Waals surface area contributed by atoms with Crippen LogP contribution in [-0.2, 0) is 0 Å². The summed E-state index contributed by atoms with van der Waals surface area (Å²) in [6.07, 6.45) is 0. The molecule has 0 saturated carbocycles. The van der Waals surface area contributed by atoms with Gasteiger partial charge in [-0.3, -0.25) is 4.67 Å². The Bertz CT molecular complexity index is 30.9. The second kappa shape index (κ2) is 6.87. The topological polar surface area (TPSA) is 3.24 Å². The van der Waals surface area contributed by atoms with Crippen molar-refractivity contribution in [3.8, 4) is 0 Å². The molecule has 0 radical (unpaired) electrons. The van der Waals surface area contributed by atoms with Crippen LogP contribution in [0.25, 0.3) is 0 Å². The molecule has 0 heterocycles. The fourth-order valence-corrected chi connectivity index (χ4v) is 0.224. The van der Waals surface area contributed by atoms with Crippen LogP contribution < -0.4 is 0 Å². The lowest BCUT2D eigenvalue weighted by atomic mass is 10.7. The van der Waals surface area contributed by atoms with Gasteiger partial charge < -0.3 is 0 Å². The molecule has 0 aliphatic heterocycles. The van der Waals surface area contributed by atoms with E-state index in [0.29, 0.717) is 0 Å². The lowest BCUT2D eigenvalue weighted by Gasteiger charge is -2.06. The standard InChI is InChI=1S/C4H12NP.BrH/c1-3-5(6)4-2;/h3-4,6H2,1-2H3;1H. The SMILES string of the molecule is Br.CCN(P)CC. The molecular weight excluding hydrogens is 173 g/mol. The minimum absolute atomic E-state index is 0. The third kappa shape index (κ3) is 6.87. The highest BCUT2D eigenvalue weighted by atomic mass is 79.9.